The van der Waals surface area contributed by atoms with Gasteiger partial charge in [-0.2, -0.15) is 0 Å². The van der Waals surface area contributed by atoms with Crippen LogP contribution in [0.15, 0.2) is 17.1 Å². The van der Waals surface area contributed by atoms with Gasteiger partial charge in [0.15, 0.2) is 11.5 Å². The number of aromatic hydroxyl groups is 1. The van der Waals surface area contributed by atoms with Crippen molar-refractivity contribution in [2.45, 2.75) is 19.9 Å². The molecular formula is C19H21ClN2O4S. The molecule has 144 valence electrons. The van der Waals surface area contributed by atoms with Crippen molar-refractivity contribution in [1.82, 2.24) is 4.90 Å². The summed E-state index contributed by atoms with van der Waals surface area (Å²) < 4.78 is 10.4. The molecule has 0 atom stereocenters. The predicted octanol–water partition coefficient (Wildman–Crippen LogP) is 4.03. The van der Waals surface area contributed by atoms with Crippen molar-refractivity contribution in [3.05, 3.63) is 38.7 Å². The molecule has 1 aliphatic heterocycles. The number of rotatable bonds is 5. The highest BCUT2D eigenvalue weighted by molar-refractivity contribution is 7.16. The molecule has 0 amide bonds. The summed E-state index contributed by atoms with van der Waals surface area (Å²) in [6, 6.07) is 3.12. The van der Waals surface area contributed by atoms with Gasteiger partial charge in [-0.05, 0) is 32.0 Å². The first-order valence-corrected chi connectivity index (χ1v) is 9.74. The zero-order chi connectivity index (χ0) is 19.6. The number of hydrogen-bond donors (Lipinski definition) is 1. The third-order valence-corrected chi connectivity index (χ3v) is 5.66. The number of ether oxygens (including phenoxy) is 2. The van der Waals surface area contributed by atoms with Crippen LogP contribution in [0.3, 0.4) is 0 Å². The molecule has 0 unspecified atom stereocenters. The molecule has 0 saturated heterocycles. The first kappa shape index (κ1) is 19.7. The number of fused-ring (bicyclic) bond motifs is 1. The lowest BCUT2D eigenvalue weighted by atomic mass is 10.0. The van der Waals surface area contributed by atoms with Gasteiger partial charge in [-0.15, -0.1) is 11.3 Å². The quantitative estimate of drug-likeness (QED) is 0.597. The van der Waals surface area contributed by atoms with Gasteiger partial charge in [0.25, 0.3) is 0 Å². The van der Waals surface area contributed by atoms with Gasteiger partial charge in [0, 0.05) is 40.8 Å². The van der Waals surface area contributed by atoms with E-state index >= 15 is 0 Å². The largest absolute Gasteiger partial charge is 0.504 e. The number of thiophene rings is 1. The number of carbonyl (C=O) groups excluding carboxylic acids is 1. The number of phenols is 1. The van der Waals surface area contributed by atoms with Crippen molar-refractivity contribution in [2.75, 3.05) is 27.3 Å². The van der Waals surface area contributed by atoms with E-state index in [1.807, 2.05) is 7.05 Å². The van der Waals surface area contributed by atoms with Crippen molar-refractivity contribution >= 4 is 40.1 Å². The normalized spacial score (nSPS) is 14.4. The number of methoxy groups -OCH3 is 1. The third kappa shape index (κ3) is 4.10. The van der Waals surface area contributed by atoms with Gasteiger partial charge in [-0.25, -0.2) is 9.79 Å². The summed E-state index contributed by atoms with van der Waals surface area (Å²) >= 11 is 7.55. The predicted molar refractivity (Wildman–Crippen MR) is 107 cm³/mol. The van der Waals surface area contributed by atoms with Gasteiger partial charge >= 0.3 is 5.97 Å². The fraction of sp³-hybridized carbons (Fsp3) is 0.368. The Morgan fingerprint density at radius 2 is 2.26 bits per heavy atom. The van der Waals surface area contributed by atoms with Crippen LogP contribution in [0.5, 0.6) is 11.5 Å². The topological polar surface area (TPSA) is 71.4 Å². The van der Waals surface area contributed by atoms with Crippen molar-refractivity contribution in [3.8, 4) is 11.5 Å². The van der Waals surface area contributed by atoms with Crippen molar-refractivity contribution in [2.24, 2.45) is 4.99 Å². The first-order chi connectivity index (χ1) is 12.9. The van der Waals surface area contributed by atoms with E-state index in [-0.39, 0.29) is 17.5 Å². The van der Waals surface area contributed by atoms with Crippen LogP contribution in [0.1, 0.15) is 33.3 Å². The Balaban J connectivity index is 2.03. The molecule has 0 radical (unpaired) electrons. The van der Waals surface area contributed by atoms with E-state index in [2.05, 4.69) is 9.89 Å². The van der Waals surface area contributed by atoms with Gasteiger partial charge in [-0.1, -0.05) is 11.6 Å². The van der Waals surface area contributed by atoms with Crippen LogP contribution >= 0.6 is 22.9 Å². The average molecular weight is 409 g/mol. The Labute approximate surface area is 167 Å². The maximum atomic E-state index is 12.5. The molecule has 0 spiro atoms. The number of aliphatic imine (C=N–C) groups is 1. The van der Waals surface area contributed by atoms with E-state index in [4.69, 9.17) is 21.1 Å². The average Bonchev–Trinajstić information content (AvgIpc) is 2.99. The Bertz CT molecular complexity index is 894. The summed E-state index contributed by atoms with van der Waals surface area (Å²) in [6.07, 6.45) is 2.27. The van der Waals surface area contributed by atoms with Crippen molar-refractivity contribution in [1.29, 1.82) is 0 Å². The highest BCUT2D eigenvalue weighted by Gasteiger charge is 2.27. The molecule has 27 heavy (non-hydrogen) atoms. The number of likely N-dealkylation sites (N-methyl/N-ethyl adjacent to an activating group) is 1. The maximum Gasteiger partial charge on any atom is 0.341 e. The van der Waals surface area contributed by atoms with Crippen LogP contribution < -0.4 is 4.74 Å². The summed E-state index contributed by atoms with van der Waals surface area (Å²) in [5.74, 6) is -0.148. The fourth-order valence-corrected chi connectivity index (χ4v) is 4.47. The third-order valence-electron chi connectivity index (χ3n) is 4.32. The minimum atomic E-state index is -0.361. The molecule has 2 aromatic rings. The second-order valence-electron chi connectivity index (χ2n) is 6.20. The van der Waals surface area contributed by atoms with E-state index in [1.54, 1.807) is 13.0 Å². The summed E-state index contributed by atoms with van der Waals surface area (Å²) in [5, 5.41) is 11.3. The molecule has 1 aromatic carbocycles. The van der Waals surface area contributed by atoms with E-state index in [1.165, 1.54) is 30.7 Å². The number of carbonyl (C=O) groups is 1. The molecule has 1 N–H and O–H groups in total. The Morgan fingerprint density at radius 3 is 2.96 bits per heavy atom. The van der Waals surface area contributed by atoms with Gasteiger partial charge in [0.2, 0.25) is 0 Å². The Morgan fingerprint density at radius 1 is 1.48 bits per heavy atom. The molecule has 0 bridgehead atoms. The Hall–Kier alpha value is -2.09. The summed E-state index contributed by atoms with van der Waals surface area (Å²) in [5.41, 5.74) is 1.95. The van der Waals surface area contributed by atoms with Crippen LogP contribution in [0.2, 0.25) is 5.02 Å². The van der Waals surface area contributed by atoms with Crippen LogP contribution in [0.25, 0.3) is 0 Å². The molecular weight excluding hydrogens is 388 g/mol. The van der Waals surface area contributed by atoms with E-state index in [0.717, 1.165) is 30.0 Å². The highest BCUT2D eigenvalue weighted by atomic mass is 35.5. The SMILES string of the molecule is CCOC(=O)c1c(/N=C/c2cc(Cl)cc(OC)c2O)sc2c1CCN(C)C2. The van der Waals surface area contributed by atoms with E-state index in [0.29, 0.717) is 27.8 Å². The van der Waals surface area contributed by atoms with Gasteiger partial charge < -0.3 is 19.5 Å². The number of phenolic OH excluding ortho intramolecular Hbond substituents is 1. The van der Waals surface area contributed by atoms with Crippen LogP contribution in [0, 0.1) is 0 Å². The van der Waals surface area contributed by atoms with E-state index < -0.39 is 0 Å². The second-order valence-corrected chi connectivity index (χ2v) is 7.72. The Kier molecular flexibility index (Phi) is 6.04. The number of hydrogen-bond acceptors (Lipinski definition) is 7. The number of nitrogens with zero attached hydrogens (tertiary/aromatic N) is 2. The highest BCUT2D eigenvalue weighted by Crippen LogP contribution is 2.40. The molecule has 0 aliphatic carbocycles. The summed E-state index contributed by atoms with van der Waals surface area (Å²) in [4.78, 5) is 20.3. The summed E-state index contributed by atoms with van der Waals surface area (Å²) in [7, 11) is 3.50. The standard InChI is InChI=1S/C19H21ClN2O4S/c1-4-26-19(24)16-13-5-6-22(2)10-15(13)27-18(16)21-9-11-7-12(20)8-14(25-3)17(11)23/h7-9,23H,4-6,10H2,1-3H3/b21-9+. The maximum absolute atomic E-state index is 12.5. The molecule has 0 fully saturated rings. The monoisotopic (exact) mass is 408 g/mol. The lowest BCUT2D eigenvalue weighted by Gasteiger charge is -2.22. The molecule has 8 heteroatoms. The molecule has 6 nitrogen and oxygen atoms in total. The molecule has 2 heterocycles. The molecule has 1 aromatic heterocycles. The smallest absolute Gasteiger partial charge is 0.341 e. The minimum Gasteiger partial charge on any atom is -0.504 e. The van der Waals surface area contributed by atoms with Crippen LogP contribution in [-0.4, -0.2) is 49.5 Å². The number of benzene rings is 1. The second kappa shape index (κ2) is 8.29. The lowest BCUT2D eigenvalue weighted by molar-refractivity contribution is 0.0526. The van der Waals surface area contributed by atoms with Gasteiger partial charge in [0.1, 0.15) is 5.00 Å². The first-order valence-electron chi connectivity index (χ1n) is 8.55. The summed E-state index contributed by atoms with van der Waals surface area (Å²) in [6.45, 7) is 3.74. The van der Waals surface area contributed by atoms with Crippen molar-refractivity contribution < 1.29 is 19.4 Å². The zero-order valence-corrected chi connectivity index (χ0v) is 17.0. The van der Waals surface area contributed by atoms with Crippen LogP contribution in [0.4, 0.5) is 5.00 Å². The molecule has 3 rings (SSSR count). The van der Waals surface area contributed by atoms with Crippen molar-refractivity contribution in [3.63, 3.8) is 0 Å². The number of esters is 1. The van der Waals surface area contributed by atoms with E-state index in [9.17, 15) is 9.90 Å². The minimum absolute atomic E-state index is 0.0515. The van der Waals surface area contributed by atoms with Gasteiger partial charge in [0.05, 0.1) is 19.3 Å². The number of halogens is 1. The van der Waals surface area contributed by atoms with Gasteiger partial charge in [-0.3, -0.25) is 0 Å². The lowest BCUT2D eigenvalue weighted by Crippen LogP contribution is -2.26. The van der Waals surface area contributed by atoms with Crippen LogP contribution in [-0.2, 0) is 17.7 Å². The molecule has 0 saturated carbocycles. The molecule has 1 aliphatic rings. The fourth-order valence-electron chi connectivity index (χ4n) is 3.00. The zero-order valence-electron chi connectivity index (χ0n) is 15.4.